The van der Waals surface area contributed by atoms with Crippen molar-refractivity contribution in [1.29, 1.82) is 0 Å². The average Bonchev–Trinajstić information content (AvgIpc) is 2.90. The van der Waals surface area contributed by atoms with E-state index in [0.717, 1.165) is 0 Å². The summed E-state index contributed by atoms with van der Waals surface area (Å²) in [7, 11) is -3.84. The van der Waals surface area contributed by atoms with E-state index in [9.17, 15) is 13.2 Å². The Balaban J connectivity index is 2.38. The van der Waals surface area contributed by atoms with Gasteiger partial charge in [-0.25, -0.2) is 18.1 Å². The van der Waals surface area contributed by atoms with Crippen molar-refractivity contribution in [3.8, 4) is 0 Å². The Morgan fingerprint density at radius 3 is 2.50 bits per heavy atom. The number of nitrogens with zero attached hydrogens (tertiary/aromatic N) is 1. The monoisotopic (exact) mass is 340 g/mol. The van der Waals surface area contributed by atoms with Crippen LogP contribution >= 0.6 is 11.3 Å². The molecule has 1 heterocycles. The molecule has 1 aromatic heterocycles. The van der Waals surface area contributed by atoms with Gasteiger partial charge in [0.25, 0.3) is 0 Å². The zero-order valence-electron chi connectivity index (χ0n) is 12.1. The number of thiazole rings is 1. The minimum Gasteiger partial charge on any atom is -0.481 e. The maximum atomic E-state index is 12.6. The van der Waals surface area contributed by atoms with Gasteiger partial charge >= 0.3 is 5.97 Å². The molecule has 2 N–H and O–H groups in total. The van der Waals surface area contributed by atoms with Gasteiger partial charge in [0.15, 0.2) is 0 Å². The molecule has 0 aliphatic heterocycles. The van der Waals surface area contributed by atoms with E-state index < -0.39 is 22.0 Å². The maximum absolute atomic E-state index is 12.6. The lowest BCUT2D eigenvalue weighted by Gasteiger charge is -2.17. The molecule has 0 aliphatic carbocycles. The SMILES string of the molecule is Cc1cccc(C)c1S(=O)(=O)NC(CC(=O)O)c1nccs1. The first-order valence-corrected chi connectivity index (χ1v) is 8.87. The van der Waals surface area contributed by atoms with Gasteiger partial charge in [-0.05, 0) is 25.0 Å². The summed E-state index contributed by atoms with van der Waals surface area (Å²) < 4.78 is 27.7. The summed E-state index contributed by atoms with van der Waals surface area (Å²) in [6, 6.07) is 4.30. The fraction of sp³-hybridized carbons (Fsp3) is 0.286. The summed E-state index contributed by atoms with van der Waals surface area (Å²) in [5.74, 6) is -1.09. The number of sulfonamides is 1. The molecule has 0 bridgehead atoms. The molecule has 0 amide bonds. The molecule has 6 nitrogen and oxygen atoms in total. The van der Waals surface area contributed by atoms with Gasteiger partial charge in [0.2, 0.25) is 10.0 Å². The average molecular weight is 340 g/mol. The zero-order valence-corrected chi connectivity index (χ0v) is 13.7. The molecule has 2 rings (SSSR count). The summed E-state index contributed by atoms with van der Waals surface area (Å²) in [5.41, 5.74) is 1.22. The van der Waals surface area contributed by atoms with E-state index >= 15 is 0 Å². The van der Waals surface area contributed by atoms with Crippen molar-refractivity contribution in [2.75, 3.05) is 0 Å². The molecule has 0 aliphatic rings. The topological polar surface area (TPSA) is 96.4 Å². The molecule has 8 heteroatoms. The van der Waals surface area contributed by atoms with E-state index in [-0.39, 0.29) is 11.3 Å². The zero-order chi connectivity index (χ0) is 16.3. The number of aliphatic carboxylic acids is 1. The van der Waals surface area contributed by atoms with Crippen LogP contribution in [-0.4, -0.2) is 24.5 Å². The highest BCUT2D eigenvalue weighted by atomic mass is 32.2. The van der Waals surface area contributed by atoms with Crippen molar-refractivity contribution in [2.45, 2.75) is 31.2 Å². The number of carboxylic acid groups (broad SMARTS) is 1. The largest absolute Gasteiger partial charge is 0.481 e. The Bertz CT molecular complexity index is 750. The summed E-state index contributed by atoms with van der Waals surface area (Å²) >= 11 is 1.22. The second-order valence-electron chi connectivity index (χ2n) is 4.86. The molecular formula is C14H16N2O4S2. The molecule has 1 unspecified atom stereocenters. The third-order valence-corrected chi connectivity index (χ3v) is 5.77. The minimum absolute atomic E-state index is 0.182. The molecule has 118 valence electrons. The molecule has 0 radical (unpaired) electrons. The van der Waals surface area contributed by atoms with Crippen LogP contribution in [0.1, 0.15) is 28.6 Å². The van der Waals surface area contributed by atoms with E-state index in [1.54, 1.807) is 37.4 Å². The number of hydrogen-bond acceptors (Lipinski definition) is 5. The first-order valence-electron chi connectivity index (χ1n) is 6.51. The van der Waals surface area contributed by atoms with Gasteiger partial charge in [-0.15, -0.1) is 11.3 Å². The number of hydrogen-bond donors (Lipinski definition) is 2. The first-order chi connectivity index (χ1) is 10.3. The number of benzene rings is 1. The lowest BCUT2D eigenvalue weighted by Crippen LogP contribution is -2.31. The van der Waals surface area contributed by atoms with Crippen LogP contribution in [0, 0.1) is 13.8 Å². The quantitative estimate of drug-likeness (QED) is 0.841. The van der Waals surface area contributed by atoms with Gasteiger partial charge < -0.3 is 5.11 Å². The molecule has 1 atom stereocenters. The number of carboxylic acids is 1. The van der Waals surface area contributed by atoms with Crippen LogP contribution in [0.2, 0.25) is 0 Å². The van der Waals surface area contributed by atoms with Crippen molar-refractivity contribution in [2.24, 2.45) is 0 Å². The minimum atomic E-state index is -3.84. The Morgan fingerprint density at radius 2 is 2.00 bits per heavy atom. The molecule has 0 fully saturated rings. The molecule has 0 saturated carbocycles. The maximum Gasteiger partial charge on any atom is 0.305 e. The van der Waals surface area contributed by atoms with Crippen molar-refractivity contribution >= 4 is 27.3 Å². The second kappa shape index (κ2) is 6.55. The van der Waals surface area contributed by atoms with E-state index in [1.807, 2.05) is 0 Å². The van der Waals surface area contributed by atoms with Crippen molar-refractivity contribution in [3.63, 3.8) is 0 Å². The van der Waals surface area contributed by atoms with Crippen molar-refractivity contribution < 1.29 is 18.3 Å². The van der Waals surface area contributed by atoms with E-state index in [0.29, 0.717) is 16.1 Å². The highest BCUT2D eigenvalue weighted by molar-refractivity contribution is 7.89. The molecular weight excluding hydrogens is 324 g/mol. The van der Waals surface area contributed by atoms with Gasteiger partial charge in [0, 0.05) is 11.6 Å². The number of nitrogens with one attached hydrogen (secondary N) is 1. The predicted molar refractivity (Wildman–Crippen MR) is 83.3 cm³/mol. The standard InChI is InChI=1S/C14H16N2O4S2/c1-9-4-3-5-10(2)13(9)22(19,20)16-11(8-12(17)18)14-15-6-7-21-14/h3-7,11,16H,8H2,1-2H3,(H,17,18). The summed E-state index contributed by atoms with van der Waals surface area (Å²) in [5, 5.41) is 11.1. The van der Waals surface area contributed by atoms with Gasteiger partial charge in [0.1, 0.15) is 5.01 Å². The van der Waals surface area contributed by atoms with Crippen LogP contribution in [0.15, 0.2) is 34.7 Å². The summed E-state index contributed by atoms with van der Waals surface area (Å²) in [6.07, 6.45) is 1.15. The number of aromatic nitrogens is 1. The van der Waals surface area contributed by atoms with E-state index in [2.05, 4.69) is 9.71 Å². The normalized spacial score (nSPS) is 13.0. The van der Waals surface area contributed by atoms with Crippen molar-refractivity contribution in [3.05, 3.63) is 45.9 Å². The van der Waals surface area contributed by atoms with E-state index in [4.69, 9.17) is 5.11 Å². The van der Waals surface area contributed by atoms with Gasteiger partial charge in [-0.1, -0.05) is 18.2 Å². The van der Waals surface area contributed by atoms with Gasteiger partial charge in [-0.2, -0.15) is 0 Å². The lowest BCUT2D eigenvalue weighted by molar-refractivity contribution is -0.137. The Labute approximate surface area is 132 Å². The Kier molecular flexibility index (Phi) is 4.94. The smallest absolute Gasteiger partial charge is 0.305 e. The lowest BCUT2D eigenvalue weighted by atomic mass is 10.2. The van der Waals surface area contributed by atoms with Crippen molar-refractivity contribution in [1.82, 2.24) is 9.71 Å². The van der Waals surface area contributed by atoms with Crippen LogP contribution in [0.25, 0.3) is 0 Å². The molecule has 1 aromatic carbocycles. The third-order valence-electron chi connectivity index (χ3n) is 3.10. The van der Waals surface area contributed by atoms with Gasteiger partial charge in [0.05, 0.1) is 17.4 Å². The molecule has 0 saturated heterocycles. The molecule has 2 aromatic rings. The van der Waals surface area contributed by atoms with Crippen LogP contribution in [-0.2, 0) is 14.8 Å². The predicted octanol–water partition coefficient (Wildman–Crippen LogP) is 2.25. The van der Waals surface area contributed by atoms with Crippen LogP contribution in [0.5, 0.6) is 0 Å². The van der Waals surface area contributed by atoms with Crippen LogP contribution in [0.3, 0.4) is 0 Å². The van der Waals surface area contributed by atoms with Gasteiger partial charge in [-0.3, -0.25) is 4.79 Å². The van der Waals surface area contributed by atoms with E-state index in [1.165, 1.54) is 17.5 Å². The highest BCUT2D eigenvalue weighted by Gasteiger charge is 2.27. The molecule has 22 heavy (non-hydrogen) atoms. The Morgan fingerprint density at radius 1 is 1.36 bits per heavy atom. The summed E-state index contributed by atoms with van der Waals surface area (Å²) in [6.45, 7) is 3.41. The first kappa shape index (κ1) is 16.6. The molecule has 0 spiro atoms. The highest BCUT2D eigenvalue weighted by Crippen LogP contribution is 2.25. The fourth-order valence-corrected chi connectivity index (χ4v) is 4.67. The number of aryl methyl sites for hydroxylation is 2. The Hall–Kier alpha value is -1.77. The number of carbonyl (C=O) groups is 1. The second-order valence-corrected chi connectivity index (χ2v) is 7.44. The third kappa shape index (κ3) is 3.70. The summed E-state index contributed by atoms with van der Waals surface area (Å²) in [4.78, 5) is 15.2. The van der Waals surface area contributed by atoms with Crippen LogP contribution in [0.4, 0.5) is 0 Å². The number of rotatable bonds is 6. The van der Waals surface area contributed by atoms with Crippen LogP contribution < -0.4 is 4.72 Å². The fourth-order valence-electron chi connectivity index (χ4n) is 2.23.